The van der Waals surface area contributed by atoms with Crippen LogP contribution in [0.1, 0.15) is 36.2 Å². The number of hydrogen-bond donors (Lipinski definition) is 2. The van der Waals surface area contributed by atoms with E-state index in [9.17, 15) is 9.90 Å². The summed E-state index contributed by atoms with van der Waals surface area (Å²) in [6.07, 6.45) is 2.89. The van der Waals surface area contributed by atoms with Crippen LogP contribution in [0.15, 0.2) is 29.6 Å². The number of thiazole rings is 1. The highest BCUT2D eigenvalue weighted by atomic mass is 35.5. The van der Waals surface area contributed by atoms with Crippen LogP contribution in [0.5, 0.6) is 0 Å². The van der Waals surface area contributed by atoms with Crippen LogP contribution in [0.25, 0.3) is 10.6 Å². The van der Waals surface area contributed by atoms with Gasteiger partial charge in [-0.05, 0) is 31.7 Å². The van der Waals surface area contributed by atoms with Crippen molar-refractivity contribution in [3.63, 3.8) is 0 Å². The molecule has 0 atom stereocenters. The number of halogens is 1. The van der Waals surface area contributed by atoms with Gasteiger partial charge in [-0.25, -0.2) is 4.98 Å². The molecule has 1 heterocycles. The van der Waals surface area contributed by atoms with Gasteiger partial charge in [0.05, 0.1) is 11.1 Å². The molecule has 1 aliphatic rings. The standard InChI is InChI=1S/C16H17ClN2O2S/c17-13-4-2-1-3-12(13)16-19-14(9-22-16)15(21)18-10-5-7-11(20)8-6-10/h1-4,9-11,20H,5-8H2,(H,18,21)/t10-,11-. The molecule has 22 heavy (non-hydrogen) atoms. The molecule has 1 fully saturated rings. The Morgan fingerprint density at radius 3 is 2.73 bits per heavy atom. The average Bonchev–Trinajstić information content (AvgIpc) is 3.00. The number of carbonyl (C=O) groups excluding carboxylic acids is 1. The first-order chi connectivity index (χ1) is 10.6. The van der Waals surface area contributed by atoms with E-state index in [1.165, 1.54) is 11.3 Å². The summed E-state index contributed by atoms with van der Waals surface area (Å²) in [5.41, 5.74) is 1.26. The van der Waals surface area contributed by atoms with Gasteiger partial charge in [0.15, 0.2) is 0 Å². The van der Waals surface area contributed by atoms with Crippen molar-refractivity contribution in [2.75, 3.05) is 0 Å². The van der Waals surface area contributed by atoms with E-state index in [4.69, 9.17) is 11.6 Å². The highest BCUT2D eigenvalue weighted by Gasteiger charge is 2.22. The third-order valence-corrected chi connectivity index (χ3v) is 5.08. The van der Waals surface area contributed by atoms with Gasteiger partial charge in [-0.15, -0.1) is 11.3 Å². The Morgan fingerprint density at radius 2 is 2.00 bits per heavy atom. The Bertz CT molecular complexity index is 666. The fourth-order valence-corrected chi connectivity index (χ4v) is 3.74. The number of aliphatic hydroxyl groups is 1. The van der Waals surface area contributed by atoms with E-state index in [1.54, 1.807) is 5.38 Å². The maximum absolute atomic E-state index is 12.3. The number of nitrogens with zero attached hydrogens (tertiary/aromatic N) is 1. The average molecular weight is 337 g/mol. The van der Waals surface area contributed by atoms with E-state index in [2.05, 4.69) is 10.3 Å². The van der Waals surface area contributed by atoms with Crippen molar-refractivity contribution < 1.29 is 9.90 Å². The van der Waals surface area contributed by atoms with Crippen LogP contribution < -0.4 is 5.32 Å². The minimum atomic E-state index is -0.223. The lowest BCUT2D eigenvalue weighted by atomic mass is 9.93. The Labute approximate surface area is 138 Å². The molecule has 1 aromatic heterocycles. The molecule has 6 heteroatoms. The van der Waals surface area contributed by atoms with Crippen LogP contribution in [0, 0.1) is 0 Å². The van der Waals surface area contributed by atoms with Crippen LogP contribution in [0.2, 0.25) is 5.02 Å². The molecule has 1 saturated carbocycles. The summed E-state index contributed by atoms with van der Waals surface area (Å²) < 4.78 is 0. The van der Waals surface area contributed by atoms with Crippen molar-refractivity contribution in [1.82, 2.24) is 10.3 Å². The second-order valence-corrected chi connectivity index (χ2v) is 6.76. The number of nitrogens with one attached hydrogen (secondary N) is 1. The predicted octanol–water partition coefficient (Wildman–Crippen LogP) is 3.50. The highest BCUT2D eigenvalue weighted by Crippen LogP contribution is 2.30. The first-order valence-corrected chi connectivity index (χ1v) is 8.58. The minimum Gasteiger partial charge on any atom is -0.393 e. The molecule has 0 unspecified atom stereocenters. The molecule has 4 nitrogen and oxygen atoms in total. The second kappa shape index (κ2) is 6.77. The molecule has 0 radical (unpaired) electrons. The lowest BCUT2D eigenvalue weighted by molar-refractivity contribution is 0.0864. The van der Waals surface area contributed by atoms with Gasteiger partial charge < -0.3 is 10.4 Å². The zero-order chi connectivity index (χ0) is 15.5. The fraction of sp³-hybridized carbons (Fsp3) is 0.375. The zero-order valence-electron chi connectivity index (χ0n) is 12.0. The number of hydrogen-bond acceptors (Lipinski definition) is 4. The van der Waals surface area contributed by atoms with Crippen LogP contribution in [0.4, 0.5) is 0 Å². The van der Waals surface area contributed by atoms with Crippen molar-refractivity contribution in [3.05, 3.63) is 40.4 Å². The number of benzene rings is 1. The first-order valence-electron chi connectivity index (χ1n) is 7.33. The molecule has 116 valence electrons. The van der Waals surface area contributed by atoms with E-state index in [0.29, 0.717) is 10.7 Å². The van der Waals surface area contributed by atoms with Gasteiger partial charge in [0.25, 0.3) is 5.91 Å². The summed E-state index contributed by atoms with van der Waals surface area (Å²) in [7, 11) is 0. The largest absolute Gasteiger partial charge is 0.393 e. The zero-order valence-corrected chi connectivity index (χ0v) is 13.5. The fourth-order valence-electron chi connectivity index (χ4n) is 2.62. The summed E-state index contributed by atoms with van der Waals surface area (Å²) >= 11 is 7.57. The van der Waals surface area contributed by atoms with Crippen molar-refractivity contribution in [2.45, 2.75) is 37.8 Å². The number of rotatable bonds is 3. The number of aromatic nitrogens is 1. The molecule has 2 N–H and O–H groups in total. The molecule has 1 aromatic carbocycles. The number of aliphatic hydroxyl groups excluding tert-OH is 1. The Kier molecular flexibility index (Phi) is 4.76. The molecular weight excluding hydrogens is 320 g/mol. The van der Waals surface area contributed by atoms with Gasteiger partial charge in [0.2, 0.25) is 0 Å². The molecule has 1 aliphatic carbocycles. The van der Waals surface area contributed by atoms with Gasteiger partial charge in [-0.3, -0.25) is 4.79 Å². The Hall–Kier alpha value is -1.43. The van der Waals surface area contributed by atoms with Crippen molar-refractivity contribution >= 4 is 28.8 Å². The molecule has 1 amide bonds. The van der Waals surface area contributed by atoms with E-state index >= 15 is 0 Å². The van der Waals surface area contributed by atoms with E-state index in [0.717, 1.165) is 36.3 Å². The SMILES string of the molecule is O=C(N[C@H]1CC[C@H](O)CC1)c1csc(-c2ccccc2Cl)n1. The van der Waals surface area contributed by atoms with Gasteiger partial charge >= 0.3 is 0 Å². The molecule has 3 rings (SSSR count). The summed E-state index contributed by atoms with van der Waals surface area (Å²) in [4.78, 5) is 16.7. The van der Waals surface area contributed by atoms with E-state index in [-0.39, 0.29) is 18.1 Å². The monoisotopic (exact) mass is 336 g/mol. The van der Waals surface area contributed by atoms with E-state index in [1.807, 2.05) is 24.3 Å². The maximum atomic E-state index is 12.3. The van der Waals surface area contributed by atoms with Gasteiger partial charge in [-0.2, -0.15) is 0 Å². The first kappa shape index (κ1) is 15.5. The normalized spacial score (nSPS) is 21.5. The van der Waals surface area contributed by atoms with Gasteiger partial charge in [-0.1, -0.05) is 29.8 Å². The second-order valence-electron chi connectivity index (χ2n) is 5.50. The van der Waals surface area contributed by atoms with Crippen LogP contribution >= 0.6 is 22.9 Å². The van der Waals surface area contributed by atoms with E-state index < -0.39 is 0 Å². The quantitative estimate of drug-likeness (QED) is 0.901. The lowest BCUT2D eigenvalue weighted by Crippen LogP contribution is -2.38. The summed E-state index contributed by atoms with van der Waals surface area (Å²) in [5.74, 6) is -0.157. The van der Waals surface area contributed by atoms with Crippen molar-refractivity contribution in [2.24, 2.45) is 0 Å². The van der Waals surface area contributed by atoms with Crippen molar-refractivity contribution in [3.8, 4) is 10.6 Å². The molecular formula is C16H17ClN2O2S. The van der Waals surface area contributed by atoms with Gasteiger partial charge in [0.1, 0.15) is 10.7 Å². The molecule has 0 spiro atoms. The summed E-state index contributed by atoms with van der Waals surface area (Å²) in [5, 5.41) is 15.6. The predicted molar refractivity (Wildman–Crippen MR) is 88.3 cm³/mol. The van der Waals surface area contributed by atoms with Crippen LogP contribution in [-0.2, 0) is 0 Å². The van der Waals surface area contributed by atoms with Crippen molar-refractivity contribution in [1.29, 1.82) is 0 Å². The molecule has 0 aliphatic heterocycles. The molecule has 2 aromatic rings. The maximum Gasteiger partial charge on any atom is 0.270 e. The molecule has 0 bridgehead atoms. The molecule has 0 saturated heterocycles. The Morgan fingerprint density at radius 1 is 1.27 bits per heavy atom. The number of carbonyl (C=O) groups is 1. The summed E-state index contributed by atoms with van der Waals surface area (Å²) in [6, 6.07) is 7.60. The van der Waals surface area contributed by atoms with Crippen LogP contribution in [0.3, 0.4) is 0 Å². The third kappa shape index (κ3) is 3.48. The number of amides is 1. The topological polar surface area (TPSA) is 62.2 Å². The lowest BCUT2D eigenvalue weighted by Gasteiger charge is -2.25. The minimum absolute atomic E-state index is 0.126. The van der Waals surface area contributed by atoms with Crippen LogP contribution in [-0.4, -0.2) is 28.1 Å². The third-order valence-electron chi connectivity index (χ3n) is 3.87. The highest BCUT2D eigenvalue weighted by molar-refractivity contribution is 7.13. The smallest absolute Gasteiger partial charge is 0.270 e. The Balaban J connectivity index is 1.68. The van der Waals surface area contributed by atoms with Gasteiger partial charge in [0, 0.05) is 17.0 Å². The summed E-state index contributed by atoms with van der Waals surface area (Å²) in [6.45, 7) is 0.